The highest BCUT2D eigenvalue weighted by atomic mass is 19.1. The first-order valence-electron chi connectivity index (χ1n) is 8.12. The lowest BCUT2D eigenvalue weighted by molar-refractivity contribution is 0.168. The van der Waals surface area contributed by atoms with Crippen LogP contribution in [0.15, 0.2) is 36.5 Å². The van der Waals surface area contributed by atoms with E-state index in [0.29, 0.717) is 16.5 Å². The number of carbonyl (C=O) groups is 2. The smallest absolute Gasteiger partial charge is 0.410 e. The average molecular weight is 388 g/mol. The van der Waals surface area contributed by atoms with Gasteiger partial charge in [0.1, 0.15) is 11.6 Å². The molecule has 0 aliphatic heterocycles. The Morgan fingerprint density at radius 2 is 2.04 bits per heavy atom. The van der Waals surface area contributed by atoms with E-state index in [2.05, 4.69) is 31.1 Å². The first kappa shape index (κ1) is 19.0. The summed E-state index contributed by atoms with van der Waals surface area (Å²) in [6, 6.07) is 6.20. The minimum absolute atomic E-state index is 0.113. The van der Waals surface area contributed by atoms with E-state index < -0.39 is 18.2 Å². The number of rotatable bonds is 6. The second-order valence-electron chi connectivity index (χ2n) is 5.78. The molecule has 0 fully saturated rings. The molecule has 1 atom stereocenters. The summed E-state index contributed by atoms with van der Waals surface area (Å²) in [5.41, 5.74) is 1.17. The van der Waals surface area contributed by atoms with Gasteiger partial charge in [-0.25, -0.2) is 19.0 Å². The van der Waals surface area contributed by atoms with Crippen molar-refractivity contribution in [1.29, 1.82) is 0 Å². The Morgan fingerprint density at radius 1 is 1.29 bits per heavy atom. The molecule has 3 amide bonds. The fourth-order valence-electron chi connectivity index (χ4n) is 2.57. The fourth-order valence-corrected chi connectivity index (χ4v) is 2.57. The molecule has 0 aliphatic carbocycles. The van der Waals surface area contributed by atoms with Gasteiger partial charge in [0.25, 0.3) is 0 Å². The summed E-state index contributed by atoms with van der Waals surface area (Å²) in [4.78, 5) is 27.1. The maximum Gasteiger partial charge on any atom is 0.410 e. The van der Waals surface area contributed by atoms with E-state index in [-0.39, 0.29) is 24.1 Å². The summed E-state index contributed by atoms with van der Waals surface area (Å²) in [6.07, 6.45) is 0.131. The number of anilines is 2. The van der Waals surface area contributed by atoms with Crippen LogP contribution in [0.2, 0.25) is 0 Å². The summed E-state index contributed by atoms with van der Waals surface area (Å²) < 4.78 is 18.2. The van der Waals surface area contributed by atoms with Gasteiger partial charge in [0, 0.05) is 19.4 Å². The molecular formula is C17H17FN6O4. The Labute approximate surface area is 158 Å². The number of nitrogens with zero attached hydrogens (tertiary/aromatic N) is 2. The van der Waals surface area contributed by atoms with Crippen LogP contribution in [-0.4, -0.2) is 46.1 Å². The van der Waals surface area contributed by atoms with Crippen molar-refractivity contribution in [2.45, 2.75) is 6.04 Å². The number of carbonyl (C=O) groups excluding carboxylic acids is 1. The van der Waals surface area contributed by atoms with Crippen LogP contribution in [0.3, 0.4) is 0 Å². The molecule has 11 heteroatoms. The third-order valence-corrected chi connectivity index (χ3v) is 3.83. The van der Waals surface area contributed by atoms with Gasteiger partial charge in [-0.1, -0.05) is 12.1 Å². The number of halogens is 1. The third-order valence-electron chi connectivity index (χ3n) is 3.83. The Bertz CT molecular complexity index is 991. The lowest BCUT2D eigenvalue weighted by Crippen LogP contribution is -2.35. The zero-order valence-electron chi connectivity index (χ0n) is 14.7. The molecular weight excluding hydrogens is 371 g/mol. The number of amides is 3. The number of ether oxygens (including phenoxy) is 1. The van der Waals surface area contributed by atoms with Gasteiger partial charge in [0.05, 0.1) is 23.6 Å². The number of aromatic nitrogens is 3. The van der Waals surface area contributed by atoms with Crippen LogP contribution in [-0.2, 0) is 4.74 Å². The molecule has 0 saturated carbocycles. The zero-order valence-corrected chi connectivity index (χ0v) is 14.7. The van der Waals surface area contributed by atoms with E-state index in [4.69, 9.17) is 9.84 Å². The van der Waals surface area contributed by atoms with Crippen LogP contribution in [0.5, 0.6) is 0 Å². The molecule has 1 aromatic carbocycles. The van der Waals surface area contributed by atoms with Crippen LogP contribution in [0.1, 0.15) is 11.6 Å². The predicted octanol–water partition coefficient (Wildman–Crippen LogP) is 2.70. The zero-order chi connectivity index (χ0) is 20.1. The number of H-pyrrole nitrogens is 1. The SMILES string of the molecule is COC[C@@H](NC(=O)Nc1cc2[nH]nc(NC(=O)O)c2cn1)c1ccc(F)cc1. The van der Waals surface area contributed by atoms with E-state index in [0.717, 1.165) is 0 Å². The molecule has 5 N–H and O–H groups in total. The quantitative estimate of drug-likeness (QED) is 0.440. The van der Waals surface area contributed by atoms with E-state index >= 15 is 0 Å². The first-order valence-corrected chi connectivity index (χ1v) is 8.12. The lowest BCUT2D eigenvalue weighted by Gasteiger charge is -2.18. The molecule has 2 aromatic heterocycles. The molecule has 0 spiro atoms. The van der Waals surface area contributed by atoms with Crippen LogP contribution in [0.25, 0.3) is 10.9 Å². The van der Waals surface area contributed by atoms with Crippen LogP contribution < -0.4 is 16.0 Å². The highest BCUT2D eigenvalue weighted by Gasteiger charge is 2.16. The van der Waals surface area contributed by atoms with E-state index in [1.54, 1.807) is 12.1 Å². The molecule has 10 nitrogen and oxygen atoms in total. The number of pyridine rings is 1. The summed E-state index contributed by atoms with van der Waals surface area (Å²) >= 11 is 0. The second kappa shape index (κ2) is 8.31. The Hall–Kier alpha value is -3.73. The largest absolute Gasteiger partial charge is 0.465 e. The van der Waals surface area contributed by atoms with Gasteiger partial charge < -0.3 is 15.2 Å². The number of hydrogen-bond donors (Lipinski definition) is 5. The van der Waals surface area contributed by atoms with Crippen molar-refractivity contribution in [3.05, 3.63) is 47.9 Å². The summed E-state index contributed by atoms with van der Waals surface area (Å²) in [5, 5.41) is 23.2. The summed E-state index contributed by atoms with van der Waals surface area (Å²) in [7, 11) is 1.49. The maximum atomic E-state index is 13.1. The van der Waals surface area contributed by atoms with Gasteiger partial charge in [-0.3, -0.25) is 15.7 Å². The number of fused-ring (bicyclic) bond motifs is 1. The predicted molar refractivity (Wildman–Crippen MR) is 98.7 cm³/mol. The number of benzene rings is 1. The molecule has 0 radical (unpaired) electrons. The molecule has 0 unspecified atom stereocenters. The maximum absolute atomic E-state index is 13.1. The highest BCUT2D eigenvalue weighted by Crippen LogP contribution is 2.21. The van der Waals surface area contributed by atoms with Crippen molar-refractivity contribution < 1.29 is 23.8 Å². The number of aromatic amines is 1. The number of urea groups is 1. The molecule has 3 rings (SSSR count). The standard InChI is InChI=1S/C17H17FN6O4/c1-28-8-13(9-2-4-10(18)5-3-9)20-16(25)21-14-6-12-11(7-19-14)15(24-23-12)22-17(26)27/h2-7,13H,8H2,1H3,(H,26,27)(H2,22,23,24)(H2,19,20,21,25)/t13-/m1/s1. The summed E-state index contributed by atoms with van der Waals surface area (Å²) in [6.45, 7) is 0.191. The van der Waals surface area contributed by atoms with Crippen molar-refractivity contribution in [2.75, 3.05) is 24.4 Å². The van der Waals surface area contributed by atoms with Crippen molar-refractivity contribution in [1.82, 2.24) is 20.5 Å². The van der Waals surface area contributed by atoms with Gasteiger partial charge in [0.15, 0.2) is 5.82 Å². The van der Waals surface area contributed by atoms with Gasteiger partial charge in [0.2, 0.25) is 0 Å². The highest BCUT2D eigenvalue weighted by molar-refractivity contribution is 5.98. The summed E-state index contributed by atoms with van der Waals surface area (Å²) in [5.74, 6) is -0.0357. The van der Waals surface area contributed by atoms with E-state index in [1.807, 2.05) is 0 Å². The Morgan fingerprint density at radius 3 is 2.71 bits per heavy atom. The molecule has 2 heterocycles. The monoisotopic (exact) mass is 388 g/mol. The molecule has 0 aliphatic rings. The van der Waals surface area contributed by atoms with Gasteiger partial charge in [-0.15, -0.1) is 0 Å². The average Bonchev–Trinajstić information content (AvgIpc) is 3.03. The number of nitrogens with one attached hydrogen (secondary N) is 4. The fraction of sp³-hybridized carbons (Fsp3) is 0.176. The van der Waals surface area contributed by atoms with Crippen molar-refractivity contribution in [2.24, 2.45) is 0 Å². The van der Waals surface area contributed by atoms with Gasteiger partial charge in [-0.05, 0) is 17.7 Å². The van der Waals surface area contributed by atoms with Crippen LogP contribution in [0.4, 0.5) is 25.6 Å². The normalized spacial score (nSPS) is 11.8. The Kier molecular flexibility index (Phi) is 5.65. The van der Waals surface area contributed by atoms with Gasteiger partial charge >= 0.3 is 12.1 Å². The van der Waals surface area contributed by atoms with Gasteiger partial charge in [-0.2, -0.15) is 5.10 Å². The van der Waals surface area contributed by atoms with Crippen LogP contribution in [0, 0.1) is 5.82 Å². The van der Waals surface area contributed by atoms with Crippen molar-refractivity contribution in [3.63, 3.8) is 0 Å². The third kappa shape index (κ3) is 4.51. The molecule has 3 aromatic rings. The molecule has 0 saturated heterocycles. The number of carboxylic acid groups (broad SMARTS) is 1. The first-order chi connectivity index (χ1) is 13.5. The second-order valence-corrected chi connectivity index (χ2v) is 5.78. The lowest BCUT2D eigenvalue weighted by atomic mass is 10.1. The molecule has 0 bridgehead atoms. The molecule has 28 heavy (non-hydrogen) atoms. The minimum Gasteiger partial charge on any atom is -0.465 e. The minimum atomic E-state index is -1.25. The van der Waals surface area contributed by atoms with Crippen molar-refractivity contribution >= 4 is 34.7 Å². The van der Waals surface area contributed by atoms with Crippen LogP contribution >= 0.6 is 0 Å². The topological polar surface area (TPSA) is 141 Å². The molecule has 146 valence electrons. The van der Waals surface area contributed by atoms with Crippen molar-refractivity contribution in [3.8, 4) is 0 Å². The number of hydrogen-bond acceptors (Lipinski definition) is 5. The van der Waals surface area contributed by atoms with E-state index in [1.165, 1.54) is 31.5 Å². The van der Waals surface area contributed by atoms with E-state index in [9.17, 15) is 14.0 Å². The Balaban J connectivity index is 1.70. The number of methoxy groups -OCH3 is 1.